The van der Waals surface area contributed by atoms with Crippen molar-refractivity contribution >= 4 is 10.9 Å². The minimum Gasteiger partial charge on any atom is -0.394 e. The van der Waals surface area contributed by atoms with Crippen molar-refractivity contribution in [3.05, 3.63) is 69.4 Å². The molecule has 1 saturated heterocycles. The molecule has 0 radical (unpaired) electrons. The Morgan fingerprint density at radius 3 is 2.58 bits per heavy atom. The van der Waals surface area contributed by atoms with Crippen molar-refractivity contribution in [3.8, 4) is 11.1 Å². The van der Waals surface area contributed by atoms with Gasteiger partial charge in [0.2, 0.25) is 0 Å². The normalized spacial score (nSPS) is 22.8. The van der Waals surface area contributed by atoms with Crippen LogP contribution >= 0.6 is 0 Å². The highest BCUT2D eigenvalue weighted by molar-refractivity contribution is 5.84. The van der Waals surface area contributed by atoms with Crippen LogP contribution in [0.3, 0.4) is 0 Å². The fourth-order valence-corrected chi connectivity index (χ4v) is 3.40. The molecule has 3 aromatic rings. The summed E-state index contributed by atoms with van der Waals surface area (Å²) in [5.74, 6) is 0. The van der Waals surface area contributed by atoms with Gasteiger partial charge in [0.25, 0.3) is 5.56 Å². The number of nitrogens with zero attached hydrogens (tertiary/aromatic N) is 1. The summed E-state index contributed by atoms with van der Waals surface area (Å²) < 4.78 is 6.92. The molecule has 4 rings (SSSR count). The Kier molecular flexibility index (Phi) is 4.20. The van der Waals surface area contributed by atoms with Gasteiger partial charge in [0.05, 0.1) is 23.6 Å². The zero-order valence-corrected chi connectivity index (χ0v) is 13.8. The average molecular weight is 354 g/mol. The molecule has 7 nitrogen and oxygen atoms in total. The summed E-state index contributed by atoms with van der Waals surface area (Å²) in [5, 5.41) is 19.6. The number of hydrogen-bond acceptors (Lipinski definition) is 5. The summed E-state index contributed by atoms with van der Waals surface area (Å²) in [6.07, 6.45) is -2.22. The molecule has 0 aliphatic carbocycles. The van der Waals surface area contributed by atoms with Crippen LogP contribution in [0.2, 0.25) is 0 Å². The maximum absolute atomic E-state index is 12.4. The van der Waals surface area contributed by atoms with E-state index in [2.05, 4.69) is 4.98 Å². The lowest BCUT2D eigenvalue weighted by Crippen LogP contribution is -2.33. The quantitative estimate of drug-likeness (QED) is 0.651. The van der Waals surface area contributed by atoms with Gasteiger partial charge in [0, 0.05) is 6.42 Å². The monoisotopic (exact) mass is 354 g/mol. The van der Waals surface area contributed by atoms with Crippen LogP contribution in [0.15, 0.2) is 58.1 Å². The van der Waals surface area contributed by atoms with Gasteiger partial charge >= 0.3 is 5.69 Å². The molecule has 3 N–H and O–H groups in total. The van der Waals surface area contributed by atoms with Crippen LogP contribution < -0.4 is 11.2 Å². The van der Waals surface area contributed by atoms with Crippen LogP contribution in [0.4, 0.5) is 0 Å². The van der Waals surface area contributed by atoms with Crippen molar-refractivity contribution in [3.63, 3.8) is 0 Å². The highest BCUT2D eigenvalue weighted by Gasteiger charge is 2.35. The number of aliphatic hydroxyl groups excluding tert-OH is 2. The first-order valence-corrected chi connectivity index (χ1v) is 8.37. The molecule has 3 atom stereocenters. The molecule has 0 bridgehead atoms. The van der Waals surface area contributed by atoms with Crippen LogP contribution in [-0.4, -0.2) is 38.6 Å². The Morgan fingerprint density at radius 2 is 1.88 bits per heavy atom. The van der Waals surface area contributed by atoms with Crippen LogP contribution in [0, 0.1) is 0 Å². The summed E-state index contributed by atoms with van der Waals surface area (Å²) >= 11 is 0. The Morgan fingerprint density at radius 1 is 1.12 bits per heavy atom. The van der Waals surface area contributed by atoms with Gasteiger partial charge in [-0.2, -0.15) is 0 Å². The van der Waals surface area contributed by atoms with Crippen LogP contribution in [0.1, 0.15) is 12.6 Å². The minimum absolute atomic E-state index is 0.159. The number of H-pyrrole nitrogens is 1. The second-order valence-electron chi connectivity index (χ2n) is 6.34. The summed E-state index contributed by atoms with van der Waals surface area (Å²) in [7, 11) is 0. The van der Waals surface area contributed by atoms with E-state index in [1.54, 1.807) is 12.1 Å². The predicted molar refractivity (Wildman–Crippen MR) is 95.9 cm³/mol. The third kappa shape index (κ3) is 2.76. The molecule has 2 heterocycles. The van der Waals surface area contributed by atoms with Gasteiger partial charge in [-0.15, -0.1) is 0 Å². The maximum atomic E-state index is 12.4. The molecule has 7 heteroatoms. The van der Waals surface area contributed by atoms with Crippen molar-refractivity contribution < 1.29 is 14.9 Å². The molecule has 0 spiro atoms. The molecule has 1 fully saturated rings. The molecule has 134 valence electrons. The summed E-state index contributed by atoms with van der Waals surface area (Å²) in [6, 6.07) is 14.9. The van der Waals surface area contributed by atoms with Crippen LogP contribution in [0.5, 0.6) is 0 Å². The van der Waals surface area contributed by atoms with Crippen molar-refractivity contribution in [2.75, 3.05) is 6.61 Å². The van der Waals surface area contributed by atoms with Gasteiger partial charge in [-0.25, -0.2) is 4.79 Å². The van der Waals surface area contributed by atoms with E-state index < -0.39 is 29.7 Å². The summed E-state index contributed by atoms with van der Waals surface area (Å²) in [4.78, 5) is 27.0. The fraction of sp³-hybridized carbons (Fsp3) is 0.263. The lowest BCUT2D eigenvalue weighted by molar-refractivity contribution is -0.0443. The van der Waals surface area contributed by atoms with E-state index in [1.165, 1.54) is 4.57 Å². The third-order valence-electron chi connectivity index (χ3n) is 4.72. The van der Waals surface area contributed by atoms with E-state index in [-0.39, 0.29) is 13.0 Å². The molecule has 1 aliphatic rings. The Hall–Kier alpha value is -2.74. The molecule has 2 aromatic carbocycles. The Labute approximate surface area is 148 Å². The van der Waals surface area contributed by atoms with Gasteiger partial charge in [0.1, 0.15) is 12.3 Å². The van der Waals surface area contributed by atoms with Crippen molar-refractivity contribution in [1.82, 2.24) is 9.55 Å². The molecular formula is C19H18N2O5. The van der Waals surface area contributed by atoms with Gasteiger partial charge in [-0.3, -0.25) is 14.3 Å². The van der Waals surface area contributed by atoms with E-state index in [1.807, 2.05) is 36.4 Å². The molecule has 0 unspecified atom stereocenters. The van der Waals surface area contributed by atoms with E-state index in [9.17, 15) is 19.8 Å². The molecule has 1 aliphatic heterocycles. The zero-order chi connectivity index (χ0) is 18.3. The number of aromatic amines is 1. The molecule has 0 saturated carbocycles. The molecule has 26 heavy (non-hydrogen) atoms. The summed E-state index contributed by atoms with van der Waals surface area (Å²) in [6.45, 7) is -0.341. The first-order chi connectivity index (χ1) is 12.6. The van der Waals surface area contributed by atoms with E-state index in [4.69, 9.17) is 4.74 Å². The number of aromatic nitrogens is 2. The van der Waals surface area contributed by atoms with E-state index >= 15 is 0 Å². The molecule has 1 aromatic heterocycles. The van der Waals surface area contributed by atoms with Crippen molar-refractivity contribution in [2.45, 2.75) is 24.9 Å². The number of aliphatic hydroxyl groups is 2. The van der Waals surface area contributed by atoms with E-state index in [0.717, 1.165) is 11.1 Å². The van der Waals surface area contributed by atoms with Crippen molar-refractivity contribution in [2.24, 2.45) is 0 Å². The number of nitrogens with one attached hydrogen (secondary N) is 1. The first-order valence-electron chi connectivity index (χ1n) is 8.37. The Balaban J connectivity index is 1.87. The first kappa shape index (κ1) is 16.7. The smallest absolute Gasteiger partial charge is 0.330 e. The number of fused-ring (bicyclic) bond motifs is 1. The largest absolute Gasteiger partial charge is 0.394 e. The third-order valence-corrected chi connectivity index (χ3v) is 4.72. The number of benzene rings is 2. The zero-order valence-electron chi connectivity index (χ0n) is 13.8. The lowest BCUT2D eigenvalue weighted by atomic mass is 10.0. The number of rotatable bonds is 3. The minimum atomic E-state index is -0.873. The highest BCUT2D eigenvalue weighted by Crippen LogP contribution is 2.30. The Bertz CT molecular complexity index is 1060. The predicted octanol–water partition coefficient (Wildman–Crippen LogP) is 0.998. The van der Waals surface area contributed by atoms with Crippen molar-refractivity contribution in [1.29, 1.82) is 0 Å². The number of ether oxygens (including phenoxy) is 1. The van der Waals surface area contributed by atoms with Gasteiger partial charge < -0.3 is 14.9 Å². The SMILES string of the molecule is O=c1[nH]c(=O)n([C@H]2C[C@H](O)[C@@H](CO)O2)c2ccc(-c3ccccc3)cc12. The topological polar surface area (TPSA) is 105 Å². The van der Waals surface area contributed by atoms with E-state index in [0.29, 0.717) is 10.9 Å². The van der Waals surface area contributed by atoms with Gasteiger partial charge in [-0.1, -0.05) is 36.4 Å². The van der Waals surface area contributed by atoms with Gasteiger partial charge in [-0.05, 0) is 23.3 Å². The maximum Gasteiger partial charge on any atom is 0.330 e. The standard InChI is InChI=1S/C19H18N2O5/c22-10-16-15(23)9-17(26-16)21-14-7-6-12(11-4-2-1-3-5-11)8-13(14)18(24)20-19(21)25/h1-8,15-17,22-23H,9-10H2,(H,20,24,25)/t15-,16+,17+/m0/s1. The van der Waals surface area contributed by atoms with Crippen LogP contribution in [0.25, 0.3) is 22.0 Å². The van der Waals surface area contributed by atoms with Gasteiger partial charge in [0.15, 0.2) is 0 Å². The second-order valence-corrected chi connectivity index (χ2v) is 6.34. The molecule has 0 amide bonds. The fourth-order valence-electron chi connectivity index (χ4n) is 3.40. The van der Waals surface area contributed by atoms with Crippen LogP contribution in [-0.2, 0) is 4.74 Å². The second kappa shape index (κ2) is 6.53. The summed E-state index contributed by atoms with van der Waals surface area (Å²) in [5.41, 5.74) is 1.16. The number of hydrogen-bond donors (Lipinski definition) is 3. The average Bonchev–Trinajstić information content (AvgIpc) is 3.02. The molecular weight excluding hydrogens is 336 g/mol. The lowest BCUT2D eigenvalue weighted by Gasteiger charge is -2.17. The highest BCUT2D eigenvalue weighted by atomic mass is 16.5.